The molecule has 5 rings (SSSR count). The summed E-state index contributed by atoms with van der Waals surface area (Å²) in [7, 11) is 3.64. The number of aliphatic hydroxyl groups is 4. The molecule has 4 aliphatic rings. The van der Waals surface area contributed by atoms with Crippen LogP contribution in [-0.4, -0.2) is 91.0 Å². The van der Waals surface area contributed by atoms with Gasteiger partial charge in [-0.05, 0) is 151 Å². The van der Waals surface area contributed by atoms with Gasteiger partial charge >= 0.3 is 0 Å². The second-order valence-electron chi connectivity index (χ2n) is 17.4. The lowest BCUT2D eigenvalue weighted by Gasteiger charge is -2.57. The highest BCUT2D eigenvalue weighted by molar-refractivity contribution is 5.74. The molecule has 1 aromatic rings. The van der Waals surface area contributed by atoms with Crippen LogP contribution in [0, 0.1) is 29.1 Å². The van der Waals surface area contributed by atoms with Gasteiger partial charge in [0.05, 0.1) is 18.3 Å². The van der Waals surface area contributed by atoms with E-state index in [0.717, 1.165) is 74.7 Å². The lowest BCUT2D eigenvalue weighted by Crippen LogP contribution is -2.61. The van der Waals surface area contributed by atoms with Crippen molar-refractivity contribution < 1.29 is 30.0 Å². The summed E-state index contributed by atoms with van der Waals surface area (Å²) in [5.74, 6) is -0.0247. The highest BCUT2D eigenvalue weighted by atomic mass is 16.5. The molecule has 304 valence electrons. The van der Waals surface area contributed by atoms with Crippen molar-refractivity contribution in [2.24, 2.45) is 29.1 Å². The van der Waals surface area contributed by atoms with E-state index < -0.39 is 17.1 Å². The number of hydrogen-bond acceptors (Lipinski definition) is 8. The minimum Gasteiger partial charge on any atom is -0.396 e. The van der Waals surface area contributed by atoms with E-state index in [0.29, 0.717) is 63.0 Å². The first-order valence-electron chi connectivity index (χ1n) is 21.0. The largest absolute Gasteiger partial charge is 0.396 e. The second kappa shape index (κ2) is 19.6. The zero-order chi connectivity index (χ0) is 39.6. The first-order chi connectivity index (χ1) is 26.5. The van der Waals surface area contributed by atoms with Gasteiger partial charge in [-0.3, -0.25) is 4.79 Å². The molecule has 0 saturated heterocycles. The number of methoxy groups -OCH3 is 1. The maximum atomic E-state index is 12.5. The van der Waals surface area contributed by atoms with Crippen molar-refractivity contribution in [2.75, 3.05) is 47.1 Å². The Morgan fingerprint density at radius 2 is 1.93 bits per heavy atom. The molecule has 8 unspecified atom stereocenters. The predicted octanol–water partition coefficient (Wildman–Crippen LogP) is 6.34. The van der Waals surface area contributed by atoms with Crippen LogP contribution in [0.25, 0.3) is 0 Å². The lowest BCUT2D eigenvalue weighted by atomic mass is 9.51. The molecule has 6 N–H and O–H groups in total. The van der Waals surface area contributed by atoms with Crippen LogP contribution in [0.3, 0.4) is 0 Å². The van der Waals surface area contributed by atoms with Gasteiger partial charge < -0.3 is 35.8 Å². The van der Waals surface area contributed by atoms with Gasteiger partial charge in [-0.1, -0.05) is 71.9 Å². The molecule has 2 saturated carbocycles. The average Bonchev–Trinajstić information content (AvgIpc) is 3.53. The van der Waals surface area contributed by atoms with E-state index >= 15 is 0 Å². The molecule has 8 heteroatoms. The number of allylic oxidation sites excluding steroid dienone is 7. The van der Waals surface area contributed by atoms with Crippen LogP contribution in [0.1, 0.15) is 95.6 Å². The fourth-order valence-corrected chi connectivity index (χ4v) is 10.9. The van der Waals surface area contributed by atoms with E-state index in [2.05, 4.69) is 60.6 Å². The van der Waals surface area contributed by atoms with E-state index in [1.165, 1.54) is 16.7 Å². The van der Waals surface area contributed by atoms with E-state index in [4.69, 9.17) is 4.74 Å². The van der Waals surface area contributed by atoms with Crippen molar-refractivity contribution >= 4 is 6.29 Å². The molecule has 8 nitrogen and oxygen atoms in total. The summed E-state index contributed by atoms with van der Waals surface area (Å²) in [6.07, 6.45) is 18.4. The number of aldehydes is 1. The zero-order valence-corrected chi connectivity index (χ0v) is 34.1. The summed E-state index contributed by atoms with van der Waals surface area (Å²) in [5, 5.41) is 52.8. The van der Waals surface area contributed by atoms with E-state index in [9.17, 15) is 25.2 Å². The van der Waals surface area contributed by atoms with Crippen LogP contribution < -0.4 is 10.6 Å². The third-order valence-electron chi connectivity index (χ3n) is 14.0. The Labute approximate surface area is 330 Å². The Balaban J connectivity index is 1.43. The third kappa shape index (κ3) is 9.72. The zero-order valence-electron chi connectivity index (χ0n) is 34.1. The lowest BCUT2D eigenvalue weighted by molar-refractivity contribution is -0.180. The molecule has 0 amide bonds. The van der Waals surface area contributed by atoms with Crippen LogP contribution in [0.4, 0.5) is 0 Å². The first kappa shape index (κ1) is 43.4. The Hall–Kier alpha value is -2.69. The van der Waals surface area contributed by atoms with Crippen LogP contribution in [-0.2, 0) is 22.4 Å². The molecule has 2 fully saturated rings. The van der Waals surface area contributed by atoms with Gasteiger partial charge in [0.2, 0.25) is 0 Å². The predicted molar refractivity (Wildman–Crippen MR) is 222 cm³/mol. The number of benzene rings is 1. The molecule has 1 spiro atoms. The second-order valence-corrected chi connectivity index (χ2v) is 17.4. The van der Waals surface area contributed by atoms with Crippen molar-refractivity contribution in [1.29, 1.82) is 0 Å². The fourth-order valence-electron chi connectivity index (χ4n) is 10.9. The van der Waals surface area contributed by atoms with Crippen molar-refractivity contribution in [3.8, 4) is 0 Å². The molecule has 0 radical (unpaired) electrons. The topological polar surface area (TPSA) is 131 Å². The molecule has 8 atom stereocenters. The normalized spacial score (nSPS) is 33.9. The maximum absolute atomic E-state index is 12.5. The SMILES string of the molecule is C=C(C=CC=C(CO)C1CCC2(C(CCCO)C(=C(C)C=O)CCC2(O)CCNC)C1O)C1Cc2cccc(c2)CC(C)(CCOC)NCC2=CC1CCC2. The molecule has 0 aromatic heterocycles. The van der Waals surface area contributed by atoms with E-state index in [1.807, 2.05) is 26.1 Å². The minimum absolute atomic E-state index is 0.000534. The number of carbonyl (C=O) groups excluding carboxylic acids is 1. The Bertz CT molecular complexity index is 1600. The molecular weight excluding hydrogens is 689 g/mol. The van der Waals surface area contributed by atoms with Crippen LogP contribution in [0.15, 0.2) is 83.0 Å². The monoisotopic (exact) mass is 759 g/mol. The number of nitrogens with one attached hydrogen (secondary N) is 2. The molecular formula is C47H70N2O6. The van der Waals surface area contributed by atoms with Gasteiger partial charge in [-0.2, -0.15) is 0 Å². The van der Waals surface area contributed by atoms with Gasteiger partial charge in [0.1, 0.15) is 6.29 Å². The van der Waals surface area contributed by atoms with E-state index in [-0.39, 0.29) is 36.5 Å². The maximum Gasteiger partial charge on any atom is 0.145 e. The summed E-state index contributed by atoms with van der Waals surface area (Å²) in [6.45, 7) is 10.8. The van der Waals surface area contributed by atoms with Crippen molar-refractivity contribution in [3.05, 3.63) is 94.1 Å². The molecule has 55 heavy (non-hydrogen) atoms. The van der Waals surface area contributed by atoms with Gasteiger partial charge in [0, 0.05) is 43.7 Å². The van der Waals surface area contributed by atoms with E-state index in [1.54, 1.807) is 7.11 Å². The van der Waals surface area contributed by atoms with Gasteiger partial charge in [0.25, 0.3) is 0 Å². The van der Waals surface area contributed by atoms with Gasteiger partial charge in [-0.15, -0.1) is 0 Å². The quantitative estimate of drug-likeness (QED) is 0.0529. The number of carbonyl (C=O) groups is 1. The number of rotatable bonds is 15. The minimum atomic E-state index is -1.17. The van der Waals surface area contributed by atoms with Crippen LogP contribution in [0.2, 0.25) is 0 Å². The standard InChI is InChI=1S/C47H70N2O6/c1-33(42-28-35-11-7-12-36(26-35)29-45(3,22-25-55-5)49-30-37-13-8-14-38(42)27-37)10-6-15-39(32-52)41-18-20-47(44(41)53)43(16-9-24-50)40(34(2)31-51)17-19-46(47,54)21-23-48-4/h6-7,10-12,15,26-27,31,38,41-44,48-50,52-54H,1,8-9,13-14,16-25,28-30,32H2,2-5H3. The van der Waals surface area contributed by atoms with Crippen LogP contribution in [0.5, 0.6) is 0 Å². The van der Waals surface area contributed by atoms with Crippen molar-refractivity contribution in [1.82, 2.24) is 10.6 Å². The average molecular weight is 759 g/mol. The Kier molecular flexibility index (Phi) is 15.5. The number of fused-ring (bicyclic) bond motifs is 3. The number of aliphatic hydroxyl groups excluding tert-OH is 3. The smallest absolute Gasteiger partial charge is 0.145 e. The van der Waals surface area contributed by atoms with Gasteiger partial charge in [-0.25, -0.2) is 0 Å². The number of hydrogen-bond donors (Lipinski definition) is 6. The number of ether oxygens (including phenoxy) is 1. The Morgan fingerprint density at radius 3 is 2.65 bits per heavy atom. The molecule has 3 aliphatic carbocycles. The van der Waals surface area contributed by atoms with Crippen LogP contribution >= 0.6 is 0 Å². The summed E-state index contributed by atoms with van der Waals surface area (Å²) in [4.78, 5) is 12.1. The summed E-state index contributed by atoms with van der Waals surface area (Å²) in [5.41, 5.74) is 5.39. The first-order valence-corrected chi connectivity index (χ1v) is 21.0. The molecule has 1 aromatic carbocycles. The third-order valence-corrected chi connectivity index (χ3v) is 14.0. The highest BCUT2D eigenvalue weighted by Gasteiger charge is 2.65. The van der Waals surface area contributed by atoms with Gasteiger partial charge in [0.15, 0.2) is 0 Å². The summed E-state index contributed by atoms with van der Waals surface area (Å²) >= 11 is 0. The molecule has 4 bridgehead atoms. The Morgan fingerprint density at radius 1 is 1.13 bits per heavy atom. The van der Waals surface area contributed by atoms with Crippen molar-refractivity contribution in [2.45, 2.75) is 115 Å². The fraction of sp³-hybridized carbons (Fsp3) is 0.638. The molecule has 1 aliphatic heterocycles. The van der Waals surface area contributed by atoms with Crippen molar-refractivity contribution in [3.63, 3.8) is 0 Å². The summed E-state index contributed by atoms with van der Waals surface area (Å²) in [6, 6.07) is 9.02. The highest BCUT2D eigenvalue weighted by Crippen LogP contribution is 2.64. The summed E-state index contributed by atoms with van der Waals surface area (Å²) < 4.78 is 5.49. The molecule has 1 heterocycles.